The summed E-state index contributed by atoms with van der Waals surface area (Å²) in [5.74, 6) is -1.69. The highest BCUT2D eigenvalue weighted by Gasteiger charge is 2.38. The third-order valence-corrected chi connectivity index (χ3v) is 5.55. The van der Waals surface area contributed by atoms with Gasteiger partial charge in [0.25, 0.3) is 5.91 Å². The molecular weight excluding hydrogens is 371 g/mol. The summed E-state index contributed by atoms with van der Waals surface area (Å²) in [6, 6.07) is 6.83. The van der Waals surface area contributed by atoms with Crippen LogP contribution in [-0.4, -0.2) is 22.6 Å². The van der Waals surface area contributed by atoms with Gasteiger partial charge in [-0.2, -0.15) is 0 Å². The predicted molar refractivity (Wildman–Crippen MR) is 94.7 cm³/mol. The minimum absolute atomic E-state index is 0.0885. The normalized spacial score (nSPS) is 13.9. The van der Waals surface area contributed by atoms with Gasteiger partial charge in [0, 0.05) is 5.56 Å². The second-order valence-corrected chi connectivity index (χ2v) is 7.28. The molecule has 2 heterocycles. The van der Waals surface area contributed by atoms with E-state index in [2.05, 4.69) is 10.5 Å². The molecule has 0 saturated heterocycles. The van der Waals surface area contributed by atoms with Crippen LogP contribution in [0.1, 0.15) is 65.2 Å². The van der Waals surface area contributed by atoms with Gasteiger partial charge in [-0.15, -0.1) is 11.3 Å². The van der Waals surface area contributed by atoms with E-state index in [9.17, 15) is 18.8 Å². The van der Waals surface area contributed by atoms with E-state index >= 15 is 0 Å². The van der Waals surface area contributed by atoms with Gasteiger partial charge in [-0.05, 0) is 37.6 Å². The molecule has 0 bridgehead atoms. The van der Waals surface area contributed by atoms with Crippen molar-refractivity contribution in [2.75, 3.05) is 0 Å². The fraction of sp³-hybridized carbons (Fsp3) is 0.158. The van der Waals surface area contributed by atoms with Crippen LogP contribution in [0.4, 0.5) is 4.39 Å². The summed E-state index contributed by atoms with van der Waals surface area (Å²) >= 11 is 0.959. The van der Waals surface area contributed by atoms with Crippen molar-refractivity contribution in [1.82, 2.24) is 10.5 Å². The number of hydrogen-bond donors (Lipinski definition) is 1. The molecule has 1 atom stereocenters. The number of benzene rings is 1. The summed E-state index contributed by atoms with van der Waals surface area (Å²) < 4.78 is 18.0. The van der Waals surface area contributed by atoms with Gasteiger partial charge in [-0.1, -0.05) is 17.3 Å². The van der Waals surface area contributed by atoms with Crippen molar-refractivity contribution in [2.24, 2.45) is 0 Å². The van der Waals surface area contributed by atoms with Gasteiger partial charge in [0.05, 0.1) is 27.1 Å². The number of rotatable bonds is 3. The third kappa shape index (κ3) is 2.78. The van der Waals surface area contributed by atoms with Crippen molar-refractivity contribution >= 4 is 28.8 Å². The SMILES string of the molecule is Cc1noc2c1C(=O)c1sc(C(=O)NC(C)c3ccc(F)cc3)cc1C2=O. The predicted octanol–water partition coefficient (Wildman–Crippen LogP) is 3.45. The molecule has 1 amide bonds. The Bertz CT molecular complexity index is 1100. The Morgan fingerprint density at radius 1 is 1.22 bits per heavy atom. The van der Waals surface area contributed by atoms with Gasteiger partial charge in [-0.3, -0.25) is 14.4 Å². The maximum Gasteiger partial charge on any atom is 0.261 e. The zero-order chi connectivity index (χ0) is 19.3. The molecule has 6 nitrogen and oxygen atoms in total. The van der Waals surface area contributed by atoms with Crippen LogP contribution in [0.3, 0.4) is 0 Å². The first-order valence-corrected chi connectivity index (χ1v) is 8.94. The van der Waals surface area contributed by atoms with Crippen molar-refractivity contribution in [1.29, 1.82) is 0 Å². The molecule has 0 fully saturated rings. The topological polar surface area (TPSA) is 89.3 Å². The Balaban J connectivity index is 1.61. The van der Waals surface area contributed by atoms with E-state index in [0.717, 1.165) is 16.9 Å². The maximum absolute atomic E-state index is 13.0. The Labute approximate surface area is 157 Å². The number of carbonyl (C=O) groups excluding carboxylic acids is 3. The van der Waals surface area contributed by atoms with Crippen LogP contribution in [0.15, 0.2) is 34.9 Å². The van der Waals surface area contributed by atoms with E-state index in [0.29, 0.717) is 5.69 Å². The highest BCUT2D eigenvalue weighted by atomic mass is 32.1. The molecular formula is C19H13FN2O4S. The minimum atomic E-state index is -0.456. The summed E-state index contributed by atoms with van der Waals surface area (Å²) in [5, 5.41) is 6.47. The first-order chi connectivity index (χ1) is 12.9. The Morgan fingerprint density at radius 2 is 1.93 bits per heavy atom. The number of aromatic nitrogens is 1. The van der Waals surface area contributed by atoms with E-state index in [-0.39, 0.29) is 44.3 Å². The molecule has 0 radical (unpaired) electrons. The fourth-order valence-electron chi connectivity index (χ4n) is 2.97. The number of nitrogens with zero attached hydrogens (tertiary/aromatic N) is 1. The Kier molecular flexibility index (Phi) is 4.00. The van der Waals surface area contributed by atoms with E-state index < -0.39 is 11.7 Å². The van der Waals surface area contributed by atoms with Gasteiger partial charge in [0.2, 0.25) is 17.3 Å². The zero-order valence-electron chi connectivity index (χ0n) is 14.3. The number of amides is 1. The summed E-state index contributed by atoms with van der Waals surface area (Å²) in [7, 11) is 0. The van der Waals surface area contributed by atoms with E-state index in [1.165, 1.54) is 18.2 Å². The van der Waals surface area contributed by atoms with Gasteiger partial charge in [-0.25, -0.2) is 4.39 Å². The van der Waals surface area contributed by atoms with Crippen molar-refractivity contribution in [3.8, 4) is 0 Å². The van der Waals surface area contributed by atoms with E-state index in [1.807, 2.05) is 0 Å². The summed E-state index contributed by atoms with van der Waals surface area (Å²) in [6.45, 7) is 3.35. The van der Waals surface area contributed by atoms with Crippen molar-refractivity contribution in [3.63, 3.8) is 0 Å². The van der Waals surface area contributed by atoms with E-state index in [1.54, 1.807) is 26.0 Å². The molecule has 0 aliphatic heterocycles. The molecule has 1 aliphatic carbocycles. The molecule has 1 aliphatic rings. The second kappa shape index (κ2) is 6.24. The molecule has 0 spiro atoms. The highest BCUT2D eigenvalue weighted by Crippen LogP contribution is 2.34. The largest absolute Gasteiger partial charge is 0.352 e. The smallest absolute Gasteiger partial charge is 0.261 e. The van der Waals surface area contributed by atoms with E-state index in [4.69, 9.17) is 4.52 Å². The lowest BCUT2D eigenvalue weighted by molar-refractivity contribution is 0.0943. The molecule has 8 heteroatoms. The lowest BCUT2D eigenvalue weighted by atomic mass is 9.93. The molecule has 2 aromatic heterocycles. The van der Waals surface area contributed by atoms with Gasteiger partial charge in [0.1, 0.15) is 5.82 Å². The zero-order valence-corrected chi connectivity index (χ0v) is 15.1. The average Bonchev–Trinajstić information content (AvgIpc) is 3.25. The molecule has 4 rings (SSSR count). The first-order valence-electron chi connectivity index (χ1n) is 8.12. The number of hydrogen-bond acceptors (Lipinski definition) is 6. The summed E-state index contributed by atoms with van der Waals surface area (Å²) in [4.78, 5) is 38.2. The van der Waals surface area contributed by atoms with Crippen LogP contribution in [-0.2, 0) is 0 Å². The van der Waals surface area contributed by atoms with Crippen LogP contribution in [0.5, 0.6) is 0 Å². The van der Waals surface area contributed by atoms with Crippen molar-refractivity contribution in [3.05, 3.63) is 74.0 Å². The second-order valence-electron chi connectivity index (χ2n) is 6.23. The molecule has 1 aromatic carbocycles. The maximum atomic E-state index is 13.0. The number of fused-ring (bicyclic) bond motifs is 2. The first kappa shape index (κ1) is 17.3. The van der Waals surface area contributed by atoms with Gasteiger partial charge in [0.15, 0.2) is 0 Å². The standard InChI is InChI=1S/C19H13FN2O4S/c1-8(10-3-5-11(20)6-4-10)21-19(25)13-7-12-15(23)17-14(9(2)22-26-17)16(24)18(12)27-13/h3-8H,1-2H3,(H,21,25). The van der Waals surface area contributed by atoms with Gasteiger partial charge < -0.3 is 9.84 Å². The number of nitrogens with one attached hydrogen (secondary N) is 1. The summed E-state index contributed by atoms with van der Waals surface area (Å²) in [6.07, 6.45) is 0. The van der Waals surface area contributed by atoms with Crippen LogP contribution < -0.4 is 5.32 Å². The average molecular weight is 384 g/mol. The van der Waals surface area contributed by atoms with Crippen LogP contribution in [0.2, 0.25) is 0 Å². The Morgan fingerprint density at radius 3 is 2.63 bits per heavy atom. The molecule has 1 N–H and O–H groups in total. The van der Waals surface area contributed by atoms with Crippen LogP contribution in [0, 0.1) is 12.7 Å². The highest BCUT2D eigenvalue weighted by molar-refractivity contribution is 7.16. The quantitative estimate of drug-likeness (QED) is 0.584. The van der Waals surface area contributed by atoms with Crippen LogP contribution >= 0.6 is 11.3 Å². The number of ketones is 2. The minimum Gasteiger partial charge on any atom is -0.352 e. The number of halogens is 1. The Hall–Kier alpha value is -3.13. The number of thiophene rings is 1. The lowest BCUT2D eigenvalue weighted by Gasteiger charge is -2.13. The van der Waals surface area contributed by atoms with Crippen LogP contribution in [0.25, 0.3) is 0 Å². The number of aryl methyl sites for hydroxylation is 1. The van der Waals surface area contributed by atoms with Crippen molar-refractivity contribution < 1.29 is 23.3 Å². The summed E-state index contributed by atoms with van der Waals surface area (Å²) in [5.41, 5.74) is 1.38. The van der Waals surface area contributed by atoms with Gasteiger partial charge >= 0.3 is 0 Å². The fourth-order valence-corrected chi connectivity index (χ4v) is 3.98. The monoisotopic (exact) mass is 384 g/mol. The van der Waals surface area contributed by atoms with Crippen molar-refractivity contribution in [2.45, 2.75) is 19.9 Å². The molecule has 27 heavy (non-hydrogen) atoms. The number of carbonyl (C=O) groups is 3. The lowest BCUT2D eigenvalue weighted by Crippen LogP contribution is -2.25. The molecule has 136 valence electrons. The molecule has 1 unspecified atom stereocenters. The molecule has 0 saturated carbocycles. The third-order valence-electron chi connectivity index (χ3n) is 4.42. The molecule has 3 aromatic rings.